The summed E-state index contributed by atoms with van der Waals surface area (Å²) in [6.07, 6.45) is 9.24. The molecule has 2 saturated heterocycles. The van der Waals surface area contributed by atoms with Crippen molar-refractivity contribution in [3.63, 3.8) is 0 Å². The van der Waals surface area contributed by atoms with E-state index >= 15 is 0 Å². The van der Waals surface area contributed by atoms with E-state index < -0.39 is 0 Å². The molecule has 2 aliphatic heterocycles. The van der Waals surface area contributed by atoms with Crippen molar-refractivity contribution in [1.29, 1.82) is 0 Å². The molecular formula is C22H33N5O2. The van der Waals surface area contributed by atoms with Gasteiger partial charge in [-0.15, -0.1) is 0 Å². The number of nitrogens with zero attached hydrogens (tertiary/aromatic N) is 3. The molecular weight excluding hydrogens is 366 g/mol. The molecule has 3 heterocycles. The zero-order chi connectivity index (χ0) is 20.3. The van der Waals surface area contributed by atoms with Crippen LogP contribution in [-0.4, -0.2) is 65.5 Å². The zero-order valence-corrected chi connectivity index (χ0v) is 17.4. The number of rotatable bonds is 4. The van der Waals surface area contributed by atoms with E-state index in [2.05, 4.69) is 20.5 Å². The Bertz CT molecular complexity index is 711. The maximum absolute atomic E-state index is 12.8. The van der Waals surface area contributed by atoms with E-state index in [1.165, 1.54) is 12.8 Å². The molecule has 3 fully saturated rings. The Labute approximate surface area is 173 Å². The Hall–Kier alpha value is -2.15. The number of likely N-dealkylation sites (N-methyl/N-ethyl adjacent to an activating group) is 1. The monoisotopic (exact) mass is 399 g/mol. The molecule has 4 rings (SSSR count). The van der Waals surface area contributed by atoms with Crippen molar-refractivity contribution in [1.82, 2.24) is 25.4 Å². The van der Waals surface area contributed by atoms with Gasteiger partial charge < -0.3 is 15.5 Å². The molecule has 0 aromatic carbocycles. The molecule has 2 N–H and O–H groups in total. The van der Waals surface area contributed by atoms with Crippen molar-refractivity contribution in [3.8, 4) is 0 Å². The third kappa shape index (κ3) is 4.71. The number of urea groups is 1. The summed E-state index contributed by atoms with van der Waals surface area (Å²) in [5.74, 6) is 0.0800. The van der Waals surface area contributed by atoms with Gasteiger partial charge in [-0.1, -0.05) is 18.9 Å². The van der Waals surface area contributed by atoms with E-state index in [0.29, 0.717) is 12.6 Å². The van der Waals surface area contributed by atoms with Gasteiger partial charge in [0.25, 0.3) is 0 Å². The van der Waals surface area contributed by atoms with Crippen LogP contribution >= 0.6 is 0 Å². The third-order valence-electron chi connectivity index (χ3n) is 7.01. The summed E-state index contributed by atoms with van der Waals surface area (Å²) >= 11 is 0. The molecule has 1 aromatic rings. The highest BCUT2D eigenvalue weighted by molar-refractivity contribution is 5.82. The highest BCUT2D eigenvalue weighted by atomic mass is 16.2. The van der Waals surface area contributed by atoms with Gasteiger partial charge in [0.15, 0.2) is 0 Å². The van der Waals surface area contributed by atoms with Gasteiger partial charge >= 0.3 is 6.03 Å². The summed E-state index contributed by atoms with van der Waals surface area (Å²) in [6, 6.07) is 6.10. The number of nitrogens with one attached hydrogen (secondary N) is 2. The Balaban J connectivity index is 1.27. The minimum atomic E-state index is -0.0995. The standard InChI is InChI=1S/C22H33N5O2/c1-26-16-22(14-19(26)20(28)24-15-18-8-4-5-11-23-18)9-12-27(13-10-22)21(29)25-17-6-2-3-7-17/h4-5,8,11,17,19H,2-3,6-7,9-10,12-16H2,1H3,(H,24,28)(H,25,29). The number of hydrogen-bond donors (Lipinski definition) is 2. The maximum Gasteiger partial charge on any atom is 0.317 e. The highest BCUT2D eigenvalue weighted by Crippen LogP contribution is 2.42. The summed E-state index contributed by atoms with van der Waals surface area (Å²) < 4.78 is 0. The first-order valence-corrected chi connectivity index (χ1v) is 11.0. The van der Waals surface area contributed by atoms with Gasteiger partial charge in [-0.2, -0.15) is 0 Å². The molecule has 3 amide bonds. The van der Waals surface area contributed by atoms with Crippen LogP contribution in [0.4, 0.5) is 4.79 Å². The van der Waals surface area contributed by atoms with Gasteiger partial charge in [0.2, 0.25) is 5.91 Å². The van der Waals surface area contributed by atoms with Gasteiger partial charge in [0.1, 0.15) is 0 Å². The van der Waals surface area contributed by atoms with Crippen molar-refractivity contribution in [3.05, 3.63) is 30.1 Å². The van der Waals surface area contributed by atoms with Crippen LogP contribution in [0.15, 0.2) is 24.4 Å². The number of likely N-dealkylation sites (tertiary alicyclic amines) is 2. The van der Waals surface area contributed by atoms with E-state index in [-0.39, 0.29) is 23.4 Å². The maximum atomic E-state index is 12.8. The zero-order valence-electron chi connectivity index (χ0n) is 17.4. The number of amides is 3. The number of aromatic nitrogens is 1. The molecule has 1 saturated carbocycles. The fraction of sp³-hybridized carbons (Fsp3) is 0.682. The second-order valence-electron chi connectivity index (χ2n) is 9.09. The van der Waals surface area contributed by atoms with Crippen molar-refractivity contribution in [2.24, 2.45) is 5.41 Å². The first-order chi connectivity index (χ1) is 14.0. The molecule has 0 bridgehead atoms. The minimum absolute atomic E-state index is 0.0800. The summed E-state index contributed by atoms with van der Waals surface area (Å²) in [5, 5.41) is 6.25. The quantitative estimate of drug-likeness (QED) is 0.813. The van der Waals surface area contributed by atoms with Crippen molar-refractivity contribution < 1.29 is 9.59 Å². The largest absolute Gasteiger partial charge is 0.349 e. The first-order valence-electron chi connectivity index (χ1n) is 11.0. The van der Waals surface area contributed by atoms with Crippen LogP contribution in [0.2, 0.25) is 0 Å². The summed E-state index contributed by atoms with van der Waals surface area (Å²) in [5.41, 5.74) is 1.02. The van der Waals surface area contributed by atoms with E-state index in [1.54, 1.807) is 6.20 Å². The number of carbonyl (C=O) groups is 2. The SMILES string of the molecule is CN1CC2(CCN(C(=O)NC3CCCC3)CC2)CC1C(=O)NCc1ccccn1. The second-order valence-corrected chi connectivity index (χ2v) is 9.09. The normalized spacial score (nSPS) is 24.7. The summed E-state index contributed by atoms with van der Waals surface area (Å²) in [4.78, 5) is 33.7. The molecule has 7 heteroatoms. The number of pyridine rings is 1. The van der Waals surface area contributed by atoms with E-state index in [4.69, 9.17) is 0 Å². The van der Waals surface area contributed by atoms with Crippen LogP contribution < -0.4 is 10.6 Å². The molecule has 7 nitrogen and oxygen atoms in total. The smallest absolute Gasteiger partial charge is 0.317 e. The number of hydrogen-bond acceptors (Lipinski definition) is 4. The van der Waals surface area contributed by atoms with Gasteiger partial charge in [-0.05, 0) is 56.7 Å². The van der Waals surface area contributed by atoms with E-state index in [9.17, 15) is 9.59 Å². The molecule has 3 aliphatic rings. The molecule has 29 heavy (non-hydrogen) atoms. The molecule has 1 spiro atoms. The van der Waals surface area contributed by atoms with Crippen LogP contribution in [-0.2, 0) is 11.3 Å². The number of piperidine rings is 1. The number of carbonyl (C=O) groups excluding carboxylic acids is 2. The third-order valence-corrected chi connectivity index (χ3v) is 7.01. The predicted molar refractivity (Wildman–Crippen MR) is 111 cm³/mol. The van der Waals surface area contributed by atoms with Crippen LogP contribution in [0.1, 0.15) is 50.6 Å². The lowest BCUT2D eigenvalue weighted by atomic mass is 9.76. The predicted octanol–water partition coefficient (Wildman–Crippen LogP) is 2.14. The lowest BCUT2D eigenvalue weighted by Gasteiger charge is -2.39. The Morgan fingerprint density at radius 3 is 2.66 bits per heavy atom. The molecule has 1 aliphatic carbocycles. The lowest BCUT2D eigenvalue weighted by Crippen LogP contribution is -2.49. The van der Waals surface area contributed by atoms with Gasteiger partial charge in [0, 0.05) is 31.9 Å². The van der Waals surface area contributed by atoms with Crippen LogP contribution in [0.3, 0.4) is 0 Å². The van der Waals surface area contributed by atoms with Gasteiger partial charge in [-0.3, -0.25) is 14.7 Å². The van der Waals surface area contributed by atoms with Crippen molar-refractivity contribution in [2.45, 2.75) is 63.6 Å². The van der Waals surface area contributed by atoms with E-state index in [1.807, 2.05) is 30.1 Å². The molecule has 1 unspecified atom stereocenters. The topological polar surface area (TPSA) is 77.6 Å². The van der Waals surface area contributed by atoms with Crippen LogP contribution in [0.25, 0.3) is 0 Å². The van der Waals surface area contributed by atoms with Crippen molar-refractivity contribution >= 4 is 11.9 Å². The van der Waals surface area contributed by atoms with E-state index in [0.717, 1.165) is 57.4 Å². The summed E-state index contributed by atoms with van der Waals surface area (Å²) in [7, 11) is 2.04. The van der Waals surface area contributed by atoms with Gasteiger partial charge in [-0.25, -0.2) is 4.79 Å². The fourth-order valence-corrected chi connectivity index (χ4v) is 5.24. The van der Waals surface area contributed by atoms with Crippen molar-refractivity contribution in [2.75, 3.05) is 26.7 Å². The molecule has 0 radical (unpaired) electrons. The lowest BCUT2D eigenvalue weighted by molar-refractivity contribution is -0.125. The Morgan fingerprint density at radius 1 is 1.21 bits per heavy atom. The van der Waals surface area contributed by atoms with Gasteiger partial charge in [0.05, 0.1) is 18.3 Å². The highest BCUT2D eigenvalue weighted by Gasteiger charge is 2.47. The van der Waals surface area contributed by atoms with Crippen LogP contribution in [0.5, 0.6) is 0 Å². The molecule has 1 aromatic heterocycles. The minimum Gasteiger partial charge on any atom is -0.349 e. The Kier molecular flexibility index (Phi) is 6.04. The average molecular weight is 400 g/mol. The van der Waals surface area contributed by atoms with Crippen LogP contribution in [0, 0.1) is 5.41 Å². The first kappa shape index (κ1) is 20.1. The summed E-state index contributed by atoms with van der Waals surface area (Å²) in [6.45, 7) is 2.96. The average Bonchev–Trinajstić information content (AvgIpc) is 3.35. The molecule has 1 atom stereocenters. The Morgan fingerprint density at radius 2 is 1.97 bits per heavy atom. The fourth-order valence-electron chi connectivity index (χ4n) is 5.24. The molecule has 158 valence electrons. The second kappa shape index (κ2) is 8.69.